The number of carbonyl (C=O) groups is 1. The maximum atomic E-state index is 11.2. The minimum Gasteiger partial charge on any atom is -0.395 e. The van der Waals surface area contributed by atoms with E-state index in [2.05, 4.69) is 10.2 Å². The topological polar surface area (TPSA) is 55.8 Å². The second kappa shape index (κ2) is 8.64. The number of rotatable bonds is 8. The van der Waals surface area contributed by atoms with Gasteiger partial charge in [-0.3, -0.25) is 9.69 Å². The number of carbonyl (C=O) groups excluding carboxylic acids is 1. The van der Waals surface area contributed by atoms with E-state index >= 15 is 0 Å². The highest BCUT2D eigenvalue weighted by atomic mass is 16.3. The van der Waals surface area contributed by atoms with Gasteiger partial charge < -0.3 is 15.3 Å². The lowest BCUT2D eigenvalue weighted by atomic mass is 10.3. The molecule has 0 aliphatic carbocycles. The lowest BCUT2D eigenvalue weighted by Crippen LogP contribution is -2.37. The zero-order chi connectivity index (χ0) is 11.7. The number of amides is 1. The summed E-state index contributed by atoms with van der Waals surface area (Å²) in [5.74, 6) is -0.0311. The molecule has 1 amide bonds. The molecular weight excluding hydrogens is 194 g/mol. The molecule has 0 atom stereocenters. The fourth-order valence-electron chi connectivity index (χ4n) is 1.23. The third-order valence-corrected chi connectivity index (χ3v) is 1.99. The minimum atomic E-state index is -0.0311. The molecule has 0 bridgehead atoms. The number of nitrogens with zero attached hydrogens (tertiary/aromatic N) is 2. The molecule has 5 nitrogen and oxygen atoms in total. The Hall–Kier alpha value is -0.650. The molecule has 0 aromatic carbocycles. The van der Waals surface area contributed by atoms with Crippen LogP contribution in [0, 0.1) is 0 Å². The molecule has 0 unspecified atom stereocenters. The Balaban J connectivity index is 3.46. The molecule has 0 spiro atoms. The Labute approximate surface area is 92.0 Å². The normalized spacial score (nSPS) is 11.1. The van der Waals surface area contributed by atoms with Gasteiger partial charge in [-0.25, -0.2) is 0 Å². The Morgan fingerprint density at radius 2 is 1.93 bits per heavy atom. The van der Waals surface area contributed by atoms with Gasteiger partial charge in [0, 0.05) is 6.54 Å². The van der Waals surface area contributed by atoms with E-state index in [-0.39, 0.29) is 12.5 Å². The van der Waals surface area contributed by atoms with Gasteiger partial charge in [0.15, 0.2) is 0 Å². The van der Waals surface area contributed by atoms with E-state index in [0.29, 0.717) is 13.1 Å². The van der Waals surface area contributed by atoms with Crippen molar-refractivity contribution in [3.8, 4) is 0 Å². The standard InChI is InChI=1S/C10H23N3O2/c1-12(2)6-4-7-13(3)9-10(15)11-5-8-14/h14H,4-9H2,1-3H3,(H,11,15). The first-order valence-corrected chi connectivity index (χ1v) is 5.27. The van der Waals surface area contributed by atoms with Crippen LogP contribution in [0.5, 0.6) is 0 Å². The number of likely N-dealkylation sites (N-methyl/N-ethyl adjacent to an activating group) is 1. The molecule has 0 aliphatic heterocycles. The van der Waals surface area contributed by atoms with Crippen molar-refractivity contribution in [2.24, 2.45) is 0 Å². The Morgan fingerprint density at radius 1 is 1.27 bits per heavy atom. The summed E-state index contributed by atoms with van der Waals surface area (Å²) < 4.78 is 0. The van der Waals surface area contributed by atoms with E-state index in [1.807, 2.05) is 26.0 Å². The van der Waals surface area contributed by atoms with Crippen molar-refractivity contribution in [1.82, 2.24) is 15.1 Å². The van der Waals surface area contributed by atoms with Gasteiger partial charge in [-0.2, -0.15) is 0 Å². The van der Waals surface area contributed by atoms with Gasteiger partial charge in [0.05, 0.1) is 13.2 Å². The largest absolute Gasteiger partial charge is 0.395 e. The van der Waals surface area contributed by atoms with Crippen molar-refractivity contribution in [2.45, 2.75) is 6.42 Å². The quantitative estimate of drug-likeness (QED) is 0.546. The fourth-order valence-corrected chi connectivity index (χ4v) is 1.23. The van der Waals surface area contributed by atoms with Crippen LogP contribution >= 0.6 is 0 Å². The molecule has 0 radical (unpaired) electrons. The van der Waals surface area contributed by atoms with Crippen LogP contribution in [0.25, 0.3) is 0 Å². The average Bonchev–Trinajstić information content (AvgIpc) is 2.14. The highest BCUT2D eigenvalue weighted by molar-refractivity contribution is 5.77. The predicted molar refractivity (Wildman–Crippen MR) is 60.8 cm³/mol. The van der Waals surface area contributed by atoms with Gasteiger partial charge in [-0.15, -0.1) is 0 Å². The fraction of sp³-hybridized carbons (Fsp3) is 0.900. The zero-order valence-electron chi connectivity index (χ0n) is 9.99. The van der Waals surface area contributed by atoms with Crippen LogP contribution in [0.2, 0.25) is 0 Å². The Kier molecular flexibility index (Phi) is 8.27. The first-order chi connectivity index (χ1) is 7.06. The lowest BCUT2D eigenvalue weighted by molar-refractivity contribution is -0.122. The molecule has 0 saturated heterocycles. The second-order valence-electron chi connectivity index (χ2n) is 3.97. The molecular formula is C10H23N3O2. The van der Waals surface area contributed by atoms with Gasteiger partial charge in [0.2, 0.25) is 5.91 Å². The summed E-state index contributed by atoms with van der Waals surface area (Å²) in [6.45, 7) is 2.67. The average molecular weight is 217 g/mol. The molecule has 5 heteroatoms. The van der Waals surface area contributed by atoms with E-state index in [1.165, 1.54) is 0 Å². The molecule has 0 saturated carbocycles. The van der Waals surface area contributed by atoms with Crippen LogP contribution in [-0.2, 0) is 4.79 Å². The van der Waals surface area contributed by atoms with Crippen molar-refractivity contribution in [2.75, 3.05) is 53.9 Å². The van der Waals surface area contributed by atoms with E-state index in [4.69, 9.17) is 5.11 Å². The molecule has 0 fully saturated rings. The number of aliphatic hydroxyl groups is 1. The molecule has 0 rings (SSSR count). The van der Waals surface area contributed by atoms with Crippen molar-refractivity contribution < 1.29 is 9.90 Å². The third kappa shape index (κ3) is 9.65. The van der Waals surface area contributed by atoms with Crippen LogP contribution in [0.4, 0.5) is 0 Å². The number of hydrogen-bond acceptors (Lipinski definition) is 4. The molecule has 90 valence electrons. The summed E-state index contributed by atoms with van der Waals surface area (Å²) in [5.41, 5.74) is 0. The zero-order valence-corrected chi connectivity index (χ0v) is 9.99. The summed E-state index contributed by atoms with van der Waals surface area (Å²) in [7, 11) is 6.00. The second-order valence-corrected chi connectivity index (χ2v) is 3.97. The van der Waals surface area contributed by atoms with Gasteiger partial charge in [-0.1, -0.05) is 0 Å². The first-order valence-electron chi connectivity index (χ1n) is 5.27. The highest BCUT2D eigenvalue weighted by Crippen LogP contribution is 1.88. The van der Waals surface area contributed by atoms with Gasteiger partial charge in [0.25, 0.3) is 0 Å². The van der Waals surface area contributed by atoms with Crippen molar-refractivity contribution in [3.05, 3.63) is 0 Å². The third-order valence-electron chi connectivity index (χ3n) is 1.99. The van der Waals surface area contributed by atoms with E-state index in [1.54, 1.807) is 0 Å². The Bertz CT molecular complexity index is 174. The Morgan fingerprint density at radius 3 is 2.47 bits per heavy atom. The van der Waals surface area contributed by atoms with Crippen molar-refractivity contribution in [3.63, 3.8) is 0 Å². The molecule has 15 heavy (non-hydrogen) atoms. The van der Waals surface area contributed by atoms with E-state index < -0.39 is 0 Å². The predicted octanol–water partition coefficient (Wildman–Crippen LogP) is -1.02. The smallest absolute Gasteiger partial charge is 0.234 e. The molecule has 0 aromatic rings. The van der Waals surface area contributed by atoms with E-state index in [9.17, 15) is 4.79 Å². The van der Waals surface area contributed by atoms with E-state index in [0.717, 1.165) is 19.5 Å². The molecule has 0 aliphatic rings. The van der Waals surface area contributed by atoms with Crippen LogP contribution < -0.4 is 5.32 Å². The lowest BCUT2D eigenvalue weighted by Gasteiger charge is -2.17. The molecule has 2 N–H and O–H groups in total. The monoisotopic (exact) mass is 217 g/mol. The first kappa shape index (κ1) is 14.3. The van der Waals surface area contributed by atoms with Crippen LogP contribution in [0.1, 0.15) is 6.42 Å². The maximum absolute atomic E-state index is 11.2. The van der Waals surface area contributed by atoms with Gasteiger partial charge in [-0.05, 0) is 40.7 Å². The van der Waals surface area contributed by atoms with Crippen molar-refractivity contribution >= 4 is 5.91 Å². The van der Waals surface area contributed by atoms with Crippen LogP contribution in [0.3, 0.4) is 0 Å². The summed E-state index contributed by atoms with van der Waals surface area (Å²) in [5, 5.41) is 11.1. The summed E-state index contributed by atoms with van der Waals surface area (Å²) in [4.78, 5) is 15.3. The van der Waals surface area contributed by atoms with Crippen molar-refractivity contribution in [1.29, 1.82) is 0 Å². The minimum absolute atomic E-state index is 0.00389. The maximum Gasteiger partial charge on any atom is 0.234 e. The van der Waals surface area contributed by atoms with Crippen LogP contribution in [-0.4, -0.2) is 74.7 Å². The van der Waals surface area contributed by atoms with Gasteiger partial charge in [0.1, 0.15) is 0 Å². The summed E-state index contributed by atoms with van der Waals surface area (Å²) in [6, 6.07) is 0. The highest BCUT2D eigenvalue weighted by Gasteiger charge is 2.05. The summed E-state index contributed by atoms with van der Waals surface area (Å²) >= 11 is 0. The number of hydrogen-bond donors (Lipinski definition) is 2. The summed E-state index contributed by atoms with van der Waals surface area (Å²) in [6.07, 6.45) is 1.05. The number of nitrogens with one attached hydrogen (secondary N) is 1. The molecule has 0 aromatic heterocycles. The number of aliphatic hydroxyl groups excluding tert-OH is 1. The SMILES string of the molecule is CN(C)CCCN(C)CC(=O)NCCO. The van der Waals surface area contributed by atoms with Gasteiger partial charge >= 0.3 is 0 Å². The van der Waals surface area contributed by atoms with Crippen LogP contribution in [0.15, 0.2) is 0 Å². The molecule has 0 heterocycles.